The number of anilines is 1. The fourth-order valence-corrected chi connectivity index (χ4v) is 3.75. The van der Waals surface area contributed by atoms with Gasteiger partial charge in [0.2, 0.25) is 0 Å². The lowest BCUT2D eigenvalue weighted by molar-refractivity contribution is 0.0717. The van der Waals surface area contributed by atoms with Gasteiger partial charge in [-0.05, 0) is 36.2 Å². The lowest BCUT2D eigenvalue weighted by Crippen LogP contribution is -2.15. The molecule has 1 atom stereocenters. The Hall–Kier alpha value is -3.59. The Labute approximate surface area is 185 Å². The van der Waals surface area contributed by atoms with Gasteiger partial charge in [-0.15, -0.1) is 11.8 Å². The maximum absolute atomic E-state index is 9.89. The van der Waals surface area contributed by atoms with Crippen LogP contribution in [-0.2, 0) is 10.5 Å². The Morgan fingerprint density at radius 3 is 2.48 bits per heavy atom. The molecule has 0 saturated heterocycles. The van der Waals surface area contributed by atoms with Crippen LogP contribution in [0.25, 0.3) is 11.1 Å². The largest absolute Gasteiger partial charge is 0.491 e. The number of hydrogen-bond donors (Lipinski definition) is 1. The summed E-state index contributed by atoms with van der Waals surface area (Å²) in [6, 6.07) is 15.3. The van der Waals surface area contributed by atoms with Crippen LogP contribution in [0.15, 0.2) is 53.8 Å². The number of ether oxygens (including phenoxy) is 2. The minimum Gasteiger partial charge on any atom is -0.491 e. The van der Waals surface area contributed by atoms with Crippen molar-refractivity contribution in [3.8, 4) is 29.0 Å². The van der Waals surface area contributed by atoms with Crippen LogP contribution < -0.4 is 10.5 Å². The van der Waals surface area contributed by atoms with Gasteiger partial charge in [-0.25, -0.2) is 4.98 Å². The van der Waals surface area contributed by atoms with Crippen LogP contribution in [-0.4, -0.2) is 29.8 Å². The molecule has 31 heavy (non-hydrogen) atoms. The second-order valence-electron chi connectivity index (χ2n) is 6.68. The highest BCUT2D eigenvalue weighted by Crippen LogP contribution is 2.37. The predicted molar refractivity (Wildman–Crippen MR) is 119 cm³/mol. The zero-order chi connectivity index (χ0) is 22.2. The van der Waals surface area contributed by atoms with Crippen LogP contribution in [0.1, 0.15) is 23.6 Å². The second kappa shape index (κ2) is 10.4. The van der Waals surface area contributed by atoms with E-state index >= 15 is 0 Å². The highest BCUT2D eigenvalue weighted by molar-refractivity contribution is 7.98. The highest BCUT2D eigenvalue weighted by atomic mass is 32.2. The Morgan fingerprint density at radius 2 is 1.87 bits per heavy atom. The third kappa shape index (κ3) is 5.32. The van der Waals surface area contributed by atoms with E-state index in [0.717, 1.165) is 5.56 Å². The van der Waals surface area contributed by atoms with E-state index in [0.29, 0.717) is 39.8 Å². The Balaban J connectivity index is 1.96. The fraction of sp³-hybridized carbons (Fsp3) is 0.217. The van der Waals surface area contributed by atoms with Gasteiger partial charge in [-0.1, -0.05) is 18.2 Å². The van der Waals surface area contributed by atoms with Crippen molar-refractivity contribution in [1.29, 1.82) is 10.5 Å². The molecule has 0 amide bonds. The molecule has 156 valence electrons. The predicted octanol–water partition coefficient (Wildman–Crippen LogP) is 4.18. The molecule has 0 bridgehead atoms. The van der Waals surface area contributed by atoms with Crippen molar-refractivity contribution in [1.82, 2.24) is 9.97 Å². The third-order valence-electron chi connectivity index (χ3n) is 4.54. The standard InChI is InChI=1S/C23H21N5O2S/c1-15(29-2)13-30-18-7-5-17(6-8-18)21-19(10-24)22(26)28-23(20(21)11-25)31-14-16-4-3-9-27-12-16/h3-9,12,15H,13-14H2,1-2H3,(H2,26,28)/t15-/m1/s1. The van der Waals surface area contributed by atoms with E-state index in [-0.39, 0.29) is 17.5 Å². The summed E-state index contributed by atoms with van der Waals surface area (Å²) in [6.07, 6.45) is 3.43. The molecular formula is C23H21N5O2S. The topological polar surface area (TPSA) is 118 Å². The van der Waals surface area contributed by atoms with Crippen molar-refractivity contribution >= 4 is 17.6 Å². The van der Waals surface area contributed by atoms with Crippen molar-refractivity contribution in [2.45, 2.75) is 23.8 Å². The Kier molecular flexibility index (Phi) is 7.45. The molecule has 2 heterocycles. The van der Waals surface area contributed by atoms with Crippen molar-refractivity contribution < 1.29 is 9.47 Å². The van der Waals surface area contributed by atoms with Gasteiger partial charge in [0, 0.05) is 30.8 Å². The van der Waals surface area contributed by atoms with E-state index in [9.17, 15) is 10.5 Å². The number of thioether (sulfide) groups is 1. The number of benzene rings is 1. The number of pyridine rings is 2. The van der Waals surface area contributed by atoms with E-state index in [1.807, 2.05) is 19.1 Å². The van der Waals surface area contributed by atoms with E-state index in [2.05, 4.69) is 22.1 Å². The summed E-state index contributed by atoms with van der Waals surface area (Å²) in [6.45, 7) is 2.33. The molecule has 3 rings (SSSR count). The maximum Gasteiger partial charge on any atom is 0.143 e. The van der Waals surface area contributed by atoms with Gasteiger partial charge >= 0.3 is 0 Å². The SMILES string of the molecule is CO[C@H](C)COc1ccc(-c2c(C#N)c(N)nc(SCc3cccnc3)c2C#N)cc1. The van der Waals surface area contributed by atoms with Crippen LogP contribution in [0.5, 0.6) is 5.75 Å². The van der Waals surface area contributed by atoms with Crippen LogP contribution in [0.2, 0.25) is 0 Å². The summed E-state index contributed by atoms with van der Waals surface area (Å²) in [5, 5.41) is 20.0. The summed E-state index contributed by atoms with van der Waals surface area (Å²) >= 11 is 1.38. The lowest BCUT2D eigenvalue weighted by Gasteiger charge is -2.14. The molecule has 0 spiro atoms. The lowest BCUT2D eigenvalue weighted by atomic mass is 9.97. The number of nitrogen functional groups attached to an aromatic ring is 1. The molecular weight excluding hydrogens is 410 g/mol. The molecule has 2 N–H and O–H groups in total. The summed E-state index contributed by atoms with van der Waals surface area (Å²) in [5.41, 5.74) is 8.75. The van der Waals surface area contributed by atoms with Crippen LogP contribution in [0.3, 0.4) is 0 Å². The monoisotopic (exact) mass is 431 g/mol. The Bertz CT molecular complexity index is 1120. The molecule has 1 aromatic carbocycles. The number of hydrogen-bond acceptors (Lipinski definition) is 8. The Morgan fingerprint density at radius 1 is 1.13 bits per heavy atom. The molecule has 3 aromatic rings. The summed E-state index contributed by atoms with van der Waals surface area (Å²) in [7, 11) is 1.63. The summed E-state index contributed by atoms with van der Waals surface area (Å²) < 4.78 is 10.9. The highest BCUT2D eigenvalue weighted by Gasteiger charge is 2.20. The number of nitriles is 2. The molecule has 0 fully saturated rings. The maximum atomic E-state index is 9.89. The first-order valence-corrected chi connectivity index (χ1v) is 10.5. The van der Waals surface area contributed by atoms with Crippen molar-refractivity contribution in [3.63, 3.8) is 0 Å². The van der Waals surface area contributed by atoms with E-state index in [1.54, 1.807) is 43.8 Å². The number of nitrogens with zero attached hydrogens (tertiary/aromatic N) is 4. The number of methoxy groups -OCH3 is 1. The van der Waals surface area contributed by atoms with E-state index in [1.165, 1.54) is 11.8 Å². The van der Waals surface area contributed by atoms with Crippen LogP contribution in [0.4, 0.5) is 5.82 Å². The molecule has 2 aromatic heterocycles. The molecule has 0 saturated carbocycles. The van der Waals surface area contributed by atoms with Crippen molar-refractivity contribution in [3.05, 3.63) is 65.5 Å². The second-order valence-corrected chi connectivity index (χ2v) is 7.65. The van der Waals surface area contributed by atoms with Gasteiger partial charge in [0.15, 0.2) is 0 Å². The third-order valence-corrected chi connectivity index (χ3v) is 5.59. The molecule has 0 unspecified atom stereocenters. The molecule has 0 radical (unpaired) electrons. The molecule has 7 nitrogen and oxygen atoms in total. The normalized spacial score (nSPS) is 11.4. The fourth-order valence-electron chi connectivity index (χ4n) is 2.83. The van der Waals surface area contributed by atoms with Gasteiger partial charge in [-0.3, -0.25) is 4.98 Å². The zero-order valence-electron chi connectivity index (χ0n) is 17.2. The average Bonchev–Trinajstić information content (AvgIpc) is 2.81. The van der Waals surface area contributed by atoms with Crippen molar-refractivity contribution in [2.24, 2.45) is 0 Å². The van der Waals surface area contributed by atoms with E-state index in [4.69, 9.17) is 15.2 Å². The van der Waals surface area contributed by atoms with Gasteiger partial charge in [0.1, 0.15) is 40.9 Å². The van der Waals surface area contributed by atoms with Gasteiger partial charge in [-0.2, -0.15) is 10.5 Å². The summed E-state index contributed by atoms with van der Waals surface area (Å²) in [5.74, 6) is 1.34. The average molecular weight is 432 g/mol. The minimum atomic E-state index is -0.0329. The van der Waals surface area contributed by atoms with E-state index < -0.39 is 0 Å². The zero-order valence-corrected chi connectivity index (χ0v) is 18.0. The molecule has 8 heteroatoms. The number of rotatable bonds is 8. The van der Waals surface area contributed by atoms with Gasteiger partial charge < -0.3 is 15.2 Å². The smallest absolute Gasteiger partial charge is 0.143 e. The van der Waals surface area contributed by atoms with Gasteiger partial charge in [0.25, 0.3) is 0 Å². The van der Waals surface area contributed by atoms with Crippen molar-refractivity contribution in [2.75, 3.05) is 19.5 Å². The molecule has 0 aliphatic carbocycles. The minimum absolute atomic E-state index is 0.0329. The van der Waals surface area contributed by atoms with Gasteiger partial charge in [0.05, 0.1) is 11.7 Å². The first-order valence-electron chi connectivity index (χ1n) is 9.48. The quantitative estimate of drug-likeness (QED) is 0.528. The van der Waals surface area contributed by atoms with Crippen LogP contribution in [0, 0.1) is 22.7 Å². The molecule has 0 aliphatic rings. The number of aromatic nitrogens is 2. The number of nitrogens with two attached hydrogens (primary N) is 1. The van der Waals surface area contributed by atoms with Crippen LogP contribution >= 0.6 is 11.8 Å². The first kappa shape index (κ1) is 22.1. The first-order chi connectivity index (χ1) is 15.1. The summed E-state index contributed by atoms with van der Waals surface area (Å²) in [4.78, 5) is 8.43. The molecule has 0 aliphatic heterocycles.